The zero-order valence-electron chi connectivity index (χ0n) is 26.2. The molecular weight excluding hydrogens is 500 g/mol. The van der Waals surface area contributed by atoms with Crippen molar-refractivity contribution in [2.75, 3.05) is 26.2 Å². The molecule has 7 rings (SSSR count). The fourth-order valence-corrected chi connectivity index (χ4v) is 10.6. The van der Waals surface area contributed by atoms with Crippen LogP contribution in [0.2, 0.25) is 0 Å². The molecule has 6 aliphatic rings. The lowest BCUT2D eigenvalue weighted by atomic mass is 9.84. The lowest BCUT2D eigenvalue weighted by Gasteiger charge is -2.51. The second-order valence-corrected chi connectivity index (χ2v) is 14.9. The van der Waals surface area contributed by atoms with Gasteiger partial charge in [0, 0.05) is 56.3 Å². The molecule has 4 saturated carbocycles. The van der Waals surface area contributed by atoms with E-state index in [0.717, 1.165) is 24.2 Å². The maximum Gasteiger partial charge on any atom is 0.0727 e. The van der Waals surface area contributed by atoms with Crippen LogP contribution in [-0.4, -0.2) is 82.3 Å². The van der Waals surface area contributed by atoms with Gasteiger partial charge in [-0.3, -0.25) is 19.6 Å². The molecule has 4 heteroatoms. The van der Waals surface area contributed by atoms with Crippen molar-refractivity contribution in [3.8, 4) is 0 Å². The fraction of sp³-hybridized carbons (Fsp3) is 0.838. The Morgan fingerprint density at radius 2 is 0.683 bits per heavy atom. The topological polar surface area (TPSA) is 13.0 Å². The Kier molecular flexibility index (Phi) is 9.69. The third-order valence-electron chi connectivity index (χ3n) is 12.6. The van der Waals surface area contributed by atoms with Gasteiger partial charge >= 0.3 is 0 Å². The number of nitrogens with zero attached hydrogens (tertiary/aromatic N) is 4. The van der Waals surface area contributed by atoms with Gasteiger partial charge in [-0.25, -0.2) is 0 Å². The van der Waals surface area contributed by atoms with E-state index < -0.39 is 0 Å². The summed E-state index contributed by atoms with van der Waals surface area (Å²) in [6.07, 6.45) is 29.9. The van der Waals surface area contributed by atoms with Crippen molar-refractivity contribution in [3.63, 3.8) is 0 Å². The Morgan fingerprint density at radius 3 is 0.976 bits per heavy atom. The fourth-order valence-electron chi connectivity index (χ4n) is 10.6. The molecule has 4 nitrogen and oxygen atoms in total. The largest absolute Gasteiger partial charge is 0.283 e. The van der Waals surface area contributed by atoms with E-state index in [1.807, 2.05) is 0 Å². The highest BCUT2D eigenvalue weighted by Gasteiger charge is 2.52. The summed E-state index contributed by atoms with van der Waals surface area (Å²) in [6, 6.07) is 15.2. The molecule has 0 N–H and O–H groups in total. The van der Waals surface area contributed by atoms with Crippen LogP contribution in [0.4, 0.5) is 0 Å². The first-order valence-electron chi connectivity index (χ1n) is 18.5. The van der Waals surface area contributed by atoms with Crippen LogP contribution >= 0.6 is 0 Å². The Bertz CT molecular complexity index is 804. The quantitative estimate of drug-likeness (QED) is 0.335. The summed E-state index contributed by atoms with van der Waals surface area (Å²) in [5.41, 5.74) is 1.63. The van der Waals surface area contributed by atoms with Crippen LogP contribution in [0.5, 0.6) is 0 Å². The normalized spacial score (nSPS) is 29.3. The molecule has 2 aliphatic heterocycles. The third-order valence-corrected chi connectivity index (χ3v) is 12.6. The average Bonchev–Trinajstić information content (AvgIpc) is 3.69. The van der Waals surface area contributed by atoms with Gasteiger partial charge < -0.3 is 0 Å². The van der Waals surface area contributed by atoms with Gasteiger partial charge in [0.25, 0.3) is 0 Å². The molecule has 0 radical (unpaired) electrons. The predicted octanol–water partition coefficient (Wildman–Crippen LogP) is 7.99. The highest BCUT2D eigenvalue weighted by Crippen LogP contribution is 2.45. The number of benzene rings is 1. The Balaban J connectivity index is 1.31. The van der Waals surface area contributed by atoms with Crippen molar-refractivity contribution in [3.05, 3.63) is 35.9 Å². The summed E-state index contributed by atoms with van der Waals surface area (Å²) in [6.45, 7) is 5.20. The molecule has 2 saturated heterocycles. The van der Waals surface area contributed by atoms with Crippen LogP contribution in [0.3, 0.4) is 0 Å². The molecule has 0 amide bonds. The molecule has 1 aromatic carbocycles. The summed E-state index contributed by atoms with van der Waals surface area (Å²) in [5, 5.41) is 0. The van der Waals surface area contributed by atoms with Gasteiger partial charge in [0.2, 0.25) is 0 Å². The number of hydrogen-bond donors (Lipinski definition) is 0. The lowest BCUT2D eigenvalue weighted by Crippen LogP contribution is -2.60. The molecule has 0 bridgehead atoms. The zero-order valence-corrected chi connectivity index (χ0v) is 26.2. The van der Waals surface area contributed by atoms with Crippen LogP contribution in [0.15, 0.2) is 30.3 Å². The first-order valence-corrected chi connectivity index (χ1v) is 18.5. The summed E-state index contributed by atoms with van der Waals surface area (Å²) >= 11 is 0. The molecule has 41 heavy (non-hydrogen) atoms. The van der Waals surface area contributed by atoms with E-state index in [1.165, 1.54) is 155 Å². The van der Waals surface area contributed by atoms with Crippen molar-refractivity contribution in [1.29, 1.82) is 0 Å². The highest BCUT2D eigenvalue weighted by atomic mass is 15.5. The van der Waals surface area contributed by atoms with Crippen molar-refractivity contribution in [2.24, 2.45) is 0 Å². The monoisotopic (exact) mass is 560 g/mol. The van der Waals surface area contributed by atoms with Crippen molar-refractivity contribution in [1.82, 2.24) is 19.6 Å². The smallest absolute Gasteiger partial charge is 0.0727 e. The zero-order chi connectivity index (χ0) is 27.4. The minimum atomic E-state index is 0.550. The van der Waals surface area contributed by atoms with E-state index in [4.69, 9.17) is 0 Å². The minimum absolute atomic E-state index is 0.550. The molecule has 1 aromatic rings. The molecular formula is C37H60N4. The van der Waals surface area contributed by atoms with E-state index in [-0.39, 0.29) is 0 Å². The second kappa shape index (κ2) is 13.8. The van der Waals surface area contributed by atoms with E-state index >= 15 is 0 Å². The van der Waals surface area contributed by atoms with Gasteiger partial charge in [-0.2, -0.15) is 0 Å². The van der Waals surface area contributed by atoms with Crippen molar-refractivity contribution in [2.45, 2.75) is 171 Å². The van der Waals surface area contributed by atoms with Crippen LogP contribution < -0.4 is 0 Å². The predicted molar refractivity (Wildman–Crippen MR) is 171 cm³/mol. The Hall–Kier alpha value is -0.940. The van der Waals surface area contributed by atoms with Crippen LogP contribution in [0.1, 0.15) is 140 Å². The van der Waals surface area contributed by atoms with Gasteiger partial charge in [-0.15, -0.1) is 0 Å². The molecule has 228 valence electrons. The standard InChI is InChI=1S/C37H60N4/c1-6-16-30(17-7-1)35(36-38(31-18-8-2-9-19-31)26-27-39(36)32-20-10-3-11-21-32)37-40(33-22-12-4-13-23-33)28-29-41(37)34-24-14-5-15-25-34/h1,6-7,16-17,31-37H,2-5,8-15,18-29H2. The summed E-state index contributed by atoms with van der Waals surface area (Å²) in [5.74, 6) is 0.550. The van der Waals surface area contributed by atoms with E-state index in [0.29, 0.717) is 18.2 Å². The SMILES string of the molecule is c1ccc(C(C2N(C3CCCCC3)CCN2C2CCCCC2)C2N(C3CCCCC3)CCN2C2CCCCC2)cc1. The van der Waals surface area contributed by atoms with E-state index in [2.05, 4.69) is 49.9 Å². The van der Waals surface area contributed by atoms with Crippen molar-refractivity contribution < 1.29 is 0 Å². The van der Waals surface area contributed by atoms with Crippen LogP contribution in [0.25, 0.3) is 0 Å². The number of hydrogen-bond acceptors (Lipinski definition) is 4. The molecule has 6 fully saturated rings. The van der Waals surface area contributed by atoms with Crippen molar-refractivity contribution >= 4 is 0 Å². The maximum atomic E-state index is 3.11. The van der Waals surface area contributed by atoms with E-state index in [9.17, 15) is 0 Å². The van der Waals surface area contributed by atoms with Gasteiger partial charge in [0.1, 0.15) is 0 Å². The lowest BCUT2D eigenvalue weighted by molar-refractivity contribution is -0.0406. The molecule has 0 spiro atoms. The minimum Gasteiger partial charge on any atom is -0.283 e. The first-order chi connectivity index (χ1) is 20.4. The van der Waals surface area contributed by atoms with Gasteiger partial charge in [0.15, 0.2) is 0 Å². The first kappa shape index (κ1) is 28.8. The van der Waals surface area contributed by atoms with Gasteiger partial charge in [-0.1, -0.05) is 107 Å². The van der Waals surface area contributed by atoms with Crippen LogP contribution in [-0.2, 0) is 0 Å². The molecule has 2 heterocycles. The average molecular weight is 561 g/mol. The molecule has 0 atom stereocenters. The van der Waals surface area contributed by atoms with Gasteiger partial charge in [0.05, 0.1) is 12.3 Å². The second-order valence-electron chi connectivity index (χ2n) is 14.9. The van der Waals surface area contributed by atoms with E-state index in [1.54, 1.807) is 5.56 Å². The molecule has 0 aromatic heterocycles. The summed E-state index contributed by atoms with van der Waals surface area (Å²) in [4.78, 5) is 12.5. The Labute approximate surface area is 252 Å². The summed E-state index contributed by atoms with van der Waals surface area (Å²) < 4.78 is 0. The summed E-state index contributed by atoms with van der Waals surface area (Å²) in [7, 11) is 0. The molecule has 0 unspecified atom stereocenters. The Morgan fingerprint density at radius 1 is 0.390 bits per heavy atom. The van der Waals surface area contributed by atoms with Crippen LogP contribution in [0, 0.1) is 0 Å². The molecule has 4 aliphatic carbocycles. The maximum absolute atomic E-state index is 3.11. The third kappa shape index (κ3) is 6.19. The number of rotatable bonds is 7. The highest BCUT2D eigenvalue weighted by molar-refractivity contribution is 5.25. The van der Waals surface area contributed by atoms with Gasteiger partial charge in [-0.05, 0) is 56.9 Å².